The number of benzene rings is 3. The molecule has 5 N–H and O–H groups in total. The van der Waals surface area contributed by atoms with Crippen LogP contribution in [0.3, 0.4) is 0 Å². The second-order valence-electron chi connectivity index (χ2n) is 12.8. The lowest BCUT2D eigenvalue weighted by atomic mass is 9.77. The lowest BCUT2D eigenvalue weighted by molar-refractivity contribution is -0.122. The number of nitrogens with two attached hydrogens (primary N) is 1. The number of unbranched alkanes of at least 4 members (excludes halogenated alkanes) is 4. The van der Waals surface area contributed by atoms with E-state index in [0.29, 0.717) is 54.6 Å². The number of aromatic nitrogens is 3. The van der Waals surface area contributed by atoms with Crippen molar-refractivity contribution in [2.24, 2.45) is 5.73 Å². The monoisotopic (exact) mass is 684 g/mol. The van der Waals surface area contributed by atoms with E-state index in [1.807, 2.05) is 56.3 Å². The highest BCUT2D eigenvalue weighted by atomic mass is 16.3. The maximum Gasteiger partial charge on any atom is 0.336 e. The third kappa shape index (κ3) is 8.95. The van der Waals surface area contributed by atoms with Crippen molar-refractivity contribution in [3.05, 3.63) is 77.4 Å². The fourth-order valence-corrected chi connectivity index (χ4v) is 5.74. The van der Waals surface area contributed by atoms with Crippen LogP contribution in [-0.4, -0.2) is 68.9 Å². The molecule has 0 bridgehead atoms. The van der Waals surface area contributed by atoms with Gasteiger partial charge in [-0.3, -0.25) is 19.8 Å². The van der Waals surface area contributed by atoms with Gasteiger partial charge in [-0.25, -0.2) is 10.2 Å². The van der Waals surface area contributed by atoms with Crippen molar-refractivity contribution >= 4 is 40.5 Å². The molecule has 13 heteroatoms. The molecule has 0 aliphatic heterocycles. The maximum absolute atomic E-state index is 13.5. The average Bonchev–Trinajstić information content (AvgIpc) is 3.54. The van der Waals surface area contributed by atoms with Crippen LogP contribution in [0.2, 0.25) is 0 Å². The Morgan fingerprint density at radius 3 is 2.12 bits per heavy atom. The number of urea groups is 1. The molecule has 4 rings (SSSR count). The molecular formula is C37H48N8O5. The van der Waals surface area contributed by atoms with E-state index in [9.17, 15) is 24.3 Å². The van der Waals surface area contributed by atoms with E-state index in [2.05, 4.69) is 34.9 Å². The van der Waals surface area contributed by atoms with Crippen LogP contribution in [0, 0.1) is 0 Å². The second-order valence-corrected chi connectivity index (χ2v) is 12.8. The molecule has 0 aliphatic carbocycles. The molecule has 13 nitrogen and oxygen atoms in total. The lowest BCUT2D eigenvalue weighted by Crippen LogP contribution is -2.48. The zero-order valence-electron chi connectivity index (χ0n) is 29.5. The van der Waals surface area contributed by atoms with Gasteiger partial charge < -0.3 is 20.6 Å². The highest BCUT2D eigenvalue weighted by Crippen LogP contribution is 2.41. The van der Waals surface area contributed by atoms with Crippen molar-refractivity contribution in [2.75, 3.05) is 25.0 Å². The average molecular weight is 685 g/mol. The Balaban J connectivity index is 1.43. The number of anilines is 1. The smallest absolute Gasteiger partial charge is 0.336 e. The predicted molar refractivity (Wildman–Crippen MR) is 193 cm³/mol. The van der Waals surface area contributed by atoms with Crippen LogP contribution in [0.25, 0.3) is 16.7 Å². The first kappa shape index (κ1) is 37.4. The van der Waals surface area contributed by atoms with E-state index in [-0.39, 0.29) is 35.7 Å². The number of aromatic hydroxyl groups is 1. The summed E-state index contributed by atoms with van der Waals surface area (Å²) in [7, 11) is 1.64. The first-order valence-electron chi connectivity index (χ1n) is 17.1. The van der Waals surface area contributed by atoms with Gasteiger partial charge in [-0.1, -0.05) is 63.4 Å². The van der Waals surface area contributed by atoms with Gasteiger partial charge in [0.1, 0.15) is 16.7 Å². The third-order valence-corrected chi connectivity index (χ3v) is 9.06. The molecule has 0 aliphatic rings. The van der Waals surface area contributed by atoms with Crippen LogP contribution in [0.5, 0.6) is 5.75 Å². The standard InChI is InChI=1S/C37H48N8O5/c1-6-44(7-2)36(50)40-39-32(46)18-14-9-8-10-15-19-33(47)43(5)30-23-27(37(3,4)26-16-12-11-13-17-26)24-31(34(30)48)45-41-28-21-20-25(35(38)49)22-29(28)42-45/h11-13,16-17,20-24,48H,6-10,14-15,18-19H2,1-5H3,(H2,38,49)(H,39,46)(H,40,50). The summed E-state index contributed by atoms with van der Waals surface area (Å²) in [5.74, 6) is -1.14. The zero-order valence-corrected chi connectivity index (χ0v) is 29.5. The Hall–Kier alpha value is -5.46. The molecule has 1 aromatic heterocycles. The van der Waals surface area contributed by atoms with Gasteiger partial charge in [0, 0.05) is 44.0 Å². The number of phenolic OH excluding ortho intramolecular Hbond substituents is 1. The molecule has 0 spiro atoms. The predicted octanol–water partition coefficient (Wildman–Crippen LogP) is 5.33. The largest absolute Gasteiger partial charge is 0.504 e. The van der Waals surface area contributed by atoms with E-state index >= 15 is 0 Å². The Morgan fingerprint density at radius 2 is 1.46 bits per heavy atom. The summed E-state index contributed by atoms with van der Waals surface area (Å²) in [5, 5.41) is 20.7. The lowest BCUT2D eigenvalue weighted by Gasteiger charge is -2.29. The summed E-state index contributed by atoms with van der Waals surface area (Å²) in [5.41, 5.74) is 13.6. The number of hydrogen-bond acceptors (Lipinski definition) is 7. The topological polar surface area (TPSA) is 176 Å². The number of nitrogens with one attached hydrogen (secondary N) is 2. The number of hydrazine groups is 1. The number of fused-ring (bicyclic) bond motifs is 1. The van der Waals surface area contributed by atoms with Gasteiger partial charge in [0.15, 0.2) is 5.75 Å². The molecule has 0 atom stereocenters. The van der Waals surface area contributed by atoms with Gasteiger partial charge in [0.25, 0.3) is 0 Å². The van der Waals surface area contributed by atoms with Crippen molar-refractivity contribution in [2.45, 2.75) is 78.1 Å². The molecule has 4 aromatic rings. The van der Waals surface area contributed by atoms with Crippen molar-refractivity contribution < 1.29 is 24.3 Å². The van der Waals surface area contributed by atoms with Gasteiger partial charge in [-0.15, -0.1) is 15.0 Å². The highest BCUT2D eigenvalue weighted by Gasteiger charge is 2.28. The van der Waals surface area contributed by atoms with Crippen LogP contribution in [0.15, 0.2) is 60.7 Å². The molecular weight excluding hydrogens is 636 g/mol. The molecule has 1 heterocycles. The zero-order chi connectivity index (χ0) is 36.4. The minimum absolute atomic E-state index is 0.157. The van der Waals surface area contributed by atoms with Crippen molar-refractivity contribution in [1.82, 2.24) is 30.7 Å². The number of phenols is 1. The Labute approximate surface area is 292 Å². The number of primary amides is 1. The molecule has 0 fully saturated rings. The highest BCUT2D eigenvalue weighted by molar-refractivity contribution is 5.96. The first-order chi connectivity index (χ1) is 23.9. The van der Waals surface area contributed by atoms with E-state index < -0.39 is 11.3 Å². The molecule has 50 heavy (non-hydrogen) atoms. The SMILES string of the molecule is CCN(CC)C(=O)NNC(=O)CCCCCCCC(=O)N(C)c1cc(C(C)(C)c2ccccc2)cc(-n2nc3ccc(C(N)=O)cc3n2)c1O. The van der Waals surface area contributed by atoms with Crippen molar-refractivity contribution in [1.29, 1.82) is 0 Å². The van der Waals surface area contributed by atoms with Crippen molar-refractivity contribution in [3.8, 4) is 11.4 Å². The number of carbonyl (C=O) groups is 4. The second kappa shape index (κ2) is 16.8. The summed E-state index contributed by atoms with van der Waals surface area (Å²) in [6.45, 7) is 8.99. The molecule has 266 valence electrons. The Morgan fingerprint density at radius 1 is 0.820 bits per heavy atom. The Kier molecular flexibility index (Phi) is 12.5. The minimum atomic E-state index is -0.584. The van der Waals surface area contributed by atoms with Gasteiger partial charge in [0.2, 0.25) is 17.7 Å². The van der Waals surface area contributed by atoms with E-state index in [4.69, 9.17) is 5.73 Å². The van der Waals surface area contributed by atoms with E-state index in [1.54, 1.807) is 30.1 Å². The number of carbonyl (C=O) groups excluding carboxylic acids is 4. The number of amides is 5. The Bertz CT molecular complexity index is 1820. The summed E-state index contributed by atoms with van der Waals surface area (Å²) in [6, 6.07) is 18.0. The van der Waals surface area contributed by atoms with E-state index in [1.165, 1.54) is 9.70 Å². The number of rotatable bonds is 15. The molecule has 0 saturated heterocycles. The van der Waals surface area contributed by atoms with Gasteiger partial charge in [-0.2, -0.15) is 0 Å². The fourth-order valence-electron chi connectivity index (χ4n) is 5.74. The van der Waals surface area contributed by atoms with Gasteiger partial charge in [0.05, 0.1) is 5.69 Å². The minimum Gasteiger partial charge on any atom is -0.504 e. The summed E-state index contributed by atoms with van der Waals surface area (Å²) in [4.78, 5) is 53.6. The summed E-state index contributed by atoms with van der Waals surface area (Å²) in [6.07, 6.45) is 4.35. The molecule has 0 saturated carbocycles. The van der Waals surface area contributed by atoms with Crippen LogP contribution >= 0.6 is 0 Å². The fraction of sp³-hybridized carbons (Fsp3) is 0.405. The normalized spacial score (nSPS) is 11.3. The van der Waals surface area contributed by atoms with E-state index in [0.717, 1.165) is 30.4 Å². The first-order valence-corrected chi connectivity index (χ1v) is 17.1. The van der Waals surface area contributed by atoms with Crippen LogP contribution in [-0.2, 0) is 15.0 Å². The van der Waals surface area contributed by atoms with Gasteiger partial charge in [-0.05, 0) is 68.1 Å². The third-order valence-electron chi connectivity index (χ3n) is 9.06. The number of nitrogens with zero attached hydrogens (tertiary/aromatic N) is 5. The number of hydrogen-bond donors (Lipinski definition) is 4. The maximum atomic E-state index is 13.5. The van der Waals surface area contributed by atoms with Crippen LogP contribution in [0.4, 0.5) is 10.5 Å². The van der Waals surface area contributed by atoms with Crippen molar-refractivity contribution in [3.63, 3.8) is 0 Å². The quantitative estimate of drug-likeness (QED) is 0.0967. The van der Waals surface area contributed by atoms with Gasteiger partial charge >= 0.3 is 6.03 Å². The van der Waals surface area contributed by atoms with Crippen LogP contribution < -0.4 is 21.5 Å². The summed E-state index contributed by atoms with van der Waals surface area (Å²) >= 11 is 0. The molecule has 0 radical (unpaired) electrons. The van der Waals surface area contributed by atoms with Crippen LogP contribution in [0.1, 0.15) is 94.1 Å². The summed E-state index contributed by atoms with van der Waals surface area (Å²) < 4.78 is 0. The molecule has 5 amide bonds. The molecule has 3 aromatic carbocycles. The molecule has 0 unspecified atom stereocenters.